The van der Waals surface area contributed by atoms with Crippen molar-refractivity contribution in [2.24, 2.45) is 0 Å². The fourth-order valence-corrected chi connectivity index (χ4v) is 1.70. The van der Waals surface area contributed by atoms with Gasteiger partial charge in [-0.15, -0.1) is 0 Å². The molecule has 4 nitrogen and oxygen atoms in total. The lowest BCUT2D eigenvalue weighted by Crippen LogP contribution is -2.42. The van der Waals surface area contributed by atoms with Crippen LogP contribution >= 0.6 is 0 Å². The fourth-order valence-electron chi connectivity index (χ4n) is 1.70. The van der Waals surface area contributed by atoms with Crippen molar-refractivity contribution in [1.82, 2.24) is 10.2 Å². The molecule has 4 heteroatoms. The second-order valence-corrected chi connectivity index (χ2v) is 4.54. The van der Waals surface area contributed by atoms with Crippen molar-refractivity contribution >= 4 is 5.91 Å². The minimum atomic E-state index is -0.255. The van der Waals surface area contributed by atoms with Crippen LogP contribution in [0.15, 0.2) is 18.2 Å². The van der Waals surface area contributed by atoms with Crippen LogP contribution in [-0.4, -0.2) is 35.5 Å². The van der Waals surface area contributed by atoms with E-state index in [1.54, 1.807) is 11.9 Å². The second-order valence-electron chi connectivity index (χ2n) is 4.54. The Bertz CT molecular complexity index is 418. The summed E-state index contributed by atoms with van der Waals surface area (Å²) in [6.45, 7) is 6.81. The van der Waals surface area contributed by atoms with E-state index in [9.17, 15) is 9.90 Å². The molecule has 1 atom stereocenters. The van der Waals surface area contributed by atoms with Crippen LogP contribution in [0.4, 0.5) is 0 Å². The molecule has 0 aromatic heterocycles. The van der Waals surface area contributed by atoms with E-state index < -0.39 is 0 Å². The first-order chi connectivity index (χ1) is 8.47. The molecular formula is C14H22N2O2. The number of rotatable bonds is 5. The van der Waals surface area contributed by atoms with E-state index >= 15 is 0 Å². The van der Waals surface area contributed by atoms with E-state index in [0.29, 0.717) is 18.8 Å². The molecule has 0 heterocycles. The van der Waals surface area contributed by atoms with Gasteiger partial charge in [0, 0.05) is 25.7 Å². The Balaban J connectivity index is 2.60. The van der Waals surface area contributed by atoms with Crippen LogP contribution in [0.1, 0.15) is 25.0 Å². The van der Waals surface area contributed by atoms with Gasteiger partial charge in [0.05, 0.1) is 6.04 Å². The van der Waals surface area contributed by atoms with Crippen molar-refractivity contribution in [3.63, 3.8) is 0 Å². The fraction of sp³-hybridized carbons (Fsp3) is 0.500. The van der Waals surface area contributed by atoms with Crippen molar-refractivity contribution in [1.29, 1.82) is 0 Å². The summed E-state index contributed by atoms with van der Waals surface area (Å²) in [6, 6.07) is 5.36. The molecule has 18 heavy (non-hydrogen) atoms. The predicted octanol–water partition coefficient (Wildman–Crippen LogP) is 1.66. The number of para-hydroxylation sites is 1. The molecule has 0 radical (unpaired) electrons. The van der Waals surface area contributed by atoms with Crippen LogP contribution < -0.4 is 5.32 Å². The number of phenolic OH excluding ortho intramolecular Hbond substituents is 1. The highest BCUT2D eigenvalue weighted by Gasteiger charge is 2.16. The molecular weight excluding hydrogens is 228 g/mol. The second kappa shape index (κ2) is 6.40. The van der Waals surface area contributed by atoms with E-state index in [-0.39, 0.29) is 11.9 Å². The number of hydrogen-bond donors (Lipinski definition) is 2. The van der Waals surface area contributed by atoms with Gasteiger partial charge in [0.2, 0.25) is 5.91 Å². The minimum Gasteiger partial charge on any atom is -0.507 e. The van der Waals surface area contributed by atoms with Gasteiger partial charge < -0.3 is 15.3 Å². The SMILES string of the molecule is CCN(C)C(=O)C(C)NCc1cccc(C)c1O. The Morgan fingerprint density at radius 1 is 1.50 bits per heavy atom. The van der Waals surface area contributed by atoms with Crippen LogP contribution in [0.5, 0.6) is 5.75 Å². The number of likely N-dealkylation sites (N-methyl/N-ethyl adjacent to an activating group) is 1. The molecule has 0 aliphatic heterocycles. The Kier molecular flexibility index (Phi) is 5.16. The molecule has 1 rings (SSSR count). The monoisotopic (exact) mass is 250 g/mol. The first-order valence-electron chi connectivity index (χ1n) is 6.23. The third-order valence-corrected chi connectivity index (χ3v) is 3.14. The van der Waals surface area contributed by atoms with Crippen LogP contribution in [-0.2, 0) is 11.3 Å². The summed E-state index contributed by atoms with van der Waals surface area (Å²) >= 11 is 0. The van der Waals surface area contributed by atoms with Gasteiger partial charge in [0.1, 0.15) is 5.75 Å². The molecule has 0 spiro atoms. The van der Waals surface area contributed by atoms with Crippen molar-refractivity contribution in [2.75, 3.05) is 13.6 Å². The summed E-state index contributed by atoms with van der Waals surface area (Å²) in [6.07, 6.45) is 0. The zero-order valence-electron chi connectivity index (χ0n) is 11.5. The molecule has 1 unspecified atom stereocenters. The minimum absolute atomic E-state index is 0.0599. The molecule has 1 aromatic carbocycles. The smallest absolute Gasteiger partial charge is 0.239 e. The highest BCUT2D eigenvalue weighted by atomic mass is 16.3. The maximum atomic E-state index is 11.8. The third-order valence-electron chi connectivity index (χ3n) is 3.14. The van der Waals surface area contributed by atoms with Crippen LogP contribution in [0, 0.1) is 6.92 Å². The molecule has 0 saturated heterocycles. The van der Waals surface area contributed by atoms with Crippen molar-refractivity contribution in [3.8, 4) is 5.75 Å². The molecule has 0 aliphatic carbocycles. The molecule has 1 amide bonds. The van der Waals surface area contributed by atoms with E-state index in [1.807, 2.05) is 39.0 Å². The molecule has 100 valence electrons. The van der Waals surface area contributed by atoms with Crippen molar-refractivity contribution < 1.29 is 9.90 Å². The van der Waals surface area contributed by atoms with E-state index in [1.165, 1.54) is 0 Å². The summed E-state index contributed by atoms with van der Waals surface area (Å²) < 4.78 is 0. The quantitative estimate of drug-likeness (QED) is 0.835. The molecule has 0 fully saturated rings. The molecule has 2 N–H and O–H groups in total. The van der Waals surface area contributed by atoms with Gasteiger partial charge in [-0.1, -0.05) is 18.2 Å². The zero-order valence-corrected chi connectivity index (χ0v) is 11.5. The standard InChI is InChI=1S/C14H22N2O2/c1-5-16(4)14(18)11(3)15-9-12-8-6-7-10(2)13(12)17/h6-8,11,15,17H,5,9H2,1-4H3. The first-order valence-corrected chi connectivity index (χ1v) is 6.23. The largest absolute Gasteiger partial charge is 0.507 e. The number of nitrogens with zero attached hydrogens (tertiary/aromatic N) is 1. The number of aromatic hydroxyl groups is 1. The average Bonchev–Trinajstić information content (AvgIpc) is 2.38. The lowest BCUT2D eigenvalue weighted by atomic mass is 10.1. The summed E-state index contributed by atoms with van der Waals surface area (Å²) in [5, 5.41) is 13.0. The molecule has 0 aliphatic rings. The number of amides is 1. The Morgan fingerprint density at radius 3 is 2.78 bits per heavy atom. The Hall–Kier alpha value is -1.55. The van der Waals surface area contributed by atoms with Gasteiger partial charge in [-0.25, -0.2) is 0 Å². The average molecular weight is 250 g/mol. The number of nitrogens with one attached hydrogen (secondary N) is 1. The Morgan fingerprint density at radius 2 is 2.17 bits per heavy atom. The summed E-state index contributed by atoms with van der Waals surface area (Å²) in [5.41, 5.74) is 1.66. The van der Waals surface area contributed by atoms with Crippen LogP contribution in [0.25, 0.3) is 0 Å². The first kappa shape index (κ1) is 14.5. The van der Waals surface area contributed by atoms with Gasteiger partial charge in [-0.05, 0) is 26.3 Å². The van der Waals surface area contributed by atoms with Gasteiger partial charge in [0.15, 0.2) is 0 Å². The lowest BCUT2D eigenvalue weighted by molar-refractivity contribution is -0.131. The van der Waals surface area contributed by atoms with Crippen molar-refractivity contribution in [2.45, 2.75) is 33.4 Å². The number of hydrogen-bond acceptors (Lipinski definition) is 3. The number of phenols is 1. The number of carbonyl (C=O) groups is 1. The molecule has 0 bridgehead atoms. The van der Waals surface area contributed by atoms with Crippen LogP contribution in [0.3, 0.4) is 0 Å². The highest BCUT2D eigenvalue weighted by molar-refractivity contribution is 5.81. The third kappa shape index (κ3) is 3.47. The highest BCUT2D eigenvalue weighted by Crippen LogP contribution is 2.21. The van der Waals surface area contributed by atoms with E-state index in [2.05, 4.69) is 5.32 Å². The Labute approximate surface area is 109 Å². The van der Waals surface area contributed by atoms with Gasteiger partial charge in [0.25, 0.3) is 0 Å². The summed E-state index contributed by atoms with van der Waals surface area (Å²) in [5.74, 6) is 0.359. The molecule has 0 saturated carbocycles. The predicted molar refractivity (Wildman–Crippen MR) is 72.5 cm³/mol. The van der Waals surface area contributed by atoms with Gasteiger partial charge in [-0.3, -0.25) is 4.79 Å². The number of aryl methyl sites for hydroxylation is 1. The maximum Gasteiger partial charge on any atom is 0.239 e. The van der Waals surface area contributed by atoms with Crippen LogP contribution in [0.2, 0.25) is 0 Å². The van der Waals surface area contributed by atoms with E-state index in [4.69, 9.17) is 0 Å². The zero-order chi connectivity index (χ0) is 13.7. The summed E-state index contributed by atoms with van der Waals surface area (Å²) in [4.78, 5) is 13.5. The van der Waals surface area contributed by atoms with Crippen molar-refractivity contribution in [3.05, 3.63) is 29.3 Å². The summed E-state index contributed by atoms with van der Waals surface area (Å²) in [7, 11) is 1.78. The molecule has 1 aromatic rings. The topological polar surface area (TPSA) is 52.6 Å². The van der Waals surface area contributed by atoms with E-state index in [0.717, 1.165) is 11.1 Å². The van der Waals surface area contributed by atoms with Gasteiger partial charge >= 0.3 is 0 Å². The normalized spacial score (nSPS) is 12.2. The van der Waals surface area contributed by atoms with Gasteiger partial charge in [-0.2, -0.15) is 0 Å². The lowest BCUT2D eigenvalue weighted by Gasteiger charge is -2.21. The maximum absolute atomic E-state index is 11.8. The number of benzene rings is 1. The number of carbonyl (C=O) groups excluding carboxylic acids is 1.